The molecule has 0 aliphatic carbocycles. The zero-order valence-corrected chi connectivity index (χ0v) is 23.1. The molecule has 0 radical (unpaired) electrons. The van der Waals surface area contributed by atoms with Crippen LogP contribution in [0.3, 0.4) is 0 Å². The number of aliphatic carboxylic acids is 1. The zero-order chi connectivity index (χ0) is 18.8. The Bertz CT molecular complexity index is 861. The van der Waals surface area contributed by atoms with Gasteiger partial charge in [-0.05, 0) is 97.8 Å². The number of halogens is 3. The summed E-state index contributed by atoms with van der Waals surface area (Å²) >= 11 is 6.75. The minimum atomic E-state index is -1.08. The number of carbonyl (C=O) groups excluding carboxylic acids is 2. The number of nitrogens with zero attached hydrogens (tertiary/aromatic N) is 1. The quantitative estimate of drug-likeness (QED) is 0.340. The van der Waals surface area contributed by atoms with Gasteiger partial charge in [0.15, 0.2) is 0 Å². The number of carbonyl (C=O) groups is 2. The summed E-state index contributed by atoms with van der Waals surface area (Å²) in [5, 5.41) is 11.8. The minimum absolute atomic E-state index is 0. The maximum absolute atomic E-state index is 12.2. The monoisotopic (exact) mass is 709 g/mol. The summed E-state index contributed by atoms with van der Waals surface area (Å²) in [5.41, 5.74) is 2.60. The molecule has 0 aromatic heterocycles. The fraction of sp³-hybridized carbons (Fsp3) is 0.263. The van der Waals surface area contributed by atoms with E-state index < -0.39 is 11.9 Å². The van der Waals surface area contributed by atoms with E-state index in [1.807, 2.05) is 41.3 Å². The van der Waals surface area contributed by atoms with Crippen molar-refractivity contribution in [3.05, 3.63) is 58.2 Å². The number of carboxylic acid groups (broad SMARTS) is 1. The average Bonchev–Trinajstić information content (AvgIpc) is 3.01. The molecule has 1 fully saturated rings. The van der Waals surface area contributed by atoms with Crippen molar-refractivity contribution in [1.82, 2.24) is 0 Å². The van der Waals surface area contributed by atoms with Crippen molar-refractivity contribution in [2.75, 3.05) is 11.4 Å². The third kappa shape index (κ3) is 5.39. The molecule has 3 rings (SSSR count). The van der Waals surface area contributed by atoms with Crippen LogP contribution >= 0.6 is 67.8 Å². The largest absolute Gasteiger partial charge is 1.00 e. The van der Waals surface area contributed by atoms with E-state index in [0.717, 1.165) is 33.9 Å². The van der Waals surface area contributed by atoms with E-state index in [0.29, 0.717) is 19.4 Å². The first-order chi connectivity index (χ1) is 12.4. The smallest absolute Gasteiger partial charge is 0.549 e. The molecule has 1 saturated heterocycles. The van der Waals surface area contributed by atoms with Crippen LogP contribution in [-0.2, 0) is 16.0 Å². The Morgan fingerprint density at radius 2 is 1.81 bits per heavy atom. The van der Waals surface area contributed by atoms with Crippen molar-refractivity contribution in [3.8, 4) is 0 Å². The summed E-state index contributed by atoms with van der Waals surface area (Å²) in [7, 11) is 0. The predicted octanol–water partition coefficient (Wildman–Crippen LogP) is 0.707. The Morgan fingerprint density at radius 1 is 1.15 bits per heavy atom. The van der Waals surface area contributed by atoms with Gasteiger partial charge in [-0.15, -0.1) is 0 Å². The van der Waals surface area contributed by atoms with Gasteiger partial charge >= 0.3 is 29.6 Å². The Balaban J connectivity index is 0.00000261. The van der Waals surface area contributed by atoms with Crippen molar-refractivity contribution in [2.45, 2.75) is 25.2 Å². The summed E-state index contributed by atoms with van der Waals surface area (Å²) in [6, 6.07) is 11.2. The van der Waals surface area contributed by atoms with Crippen LogP contribution in [0.2, 0.25) is 0 Å². The zero-order valence-electron chi connectivity index (χ0n) is 14.7. The van der Waals surface area contributed by atoms with Crippen molar-refractivity contribution in [1.29, 1.82) is 0 Å². The Kier molecular flexibility index (Phi) is 9.32. The standard InChI is InChI=1S/C19H16I3NO3.Na/c20-14-10-15(21)18(23-8-4-7-16(23)24)17(22)13(14)9-12(19(25)26)11-5-2-1-3-6-11;/h1-3,5-6,10,12H,4,7-9H2,(H,25,26);/q;+1/p-1. The second-order valence-corrected chi connectivity index (χ2v) is 9.52. The molecule has 136 valence electrons. The van der Waals surface area contributed by atoms with Gasteiger partial charge in [0.1, 0.15) is 0 Å². The molecule has 1 aliphatic heterocycles. The molecular weight excluding hydrogens is 694 g/mol. The fourth-order valence-electron chi connectivity index (χ4n) is 3.17. The molecule has 2 aromatic carbocycles. The van der Waals surface area contributed by atoms with Gasteiger partial charge in [0.05, 0.1) is 5.69 Å². The van der Waals surface area contributed by atoms with E-state index in [4.69, 9.17) is 0 Å². The van der Waals surface area contributed by atoms with Gasteiger partial charge in [0.25, 0.3) is 0 Å². The van der Waals surface area contributed by atoms with Gasteiger partial charge in [0.2, 0.25) is 5.91 Å². The van der Waals surface area contributed by atoms with E-state index in [9.17, 15) is 14.7 Å². The van der Waals surface area contributed by atoms with E-state index in [2.05, 4.69) is 67.8 Å². The fourth-order valence-corrected chi connectivity index (χ4v) is 7.56. The number of amides is 1. The number of rotatable bonds is 5. The second-order valence-electron chi connectivity index (χ2n) is 6.12. The van der Waals surface area contributed by atoms with E-state index >= 15 is 0 Å². The van der Waals surface area contributed by atoms with Crippen LogP contribution in [0.4, 0.5) is 5.69 Å². The van der Waals surface area contributed by atoms with E-state index in [-0.39, 0.29) is 35.5 Å². The number of hydrogen-bond donors (Lipinski definition) is 0. The van der Waals surface area contributed by atoms with Crippen LogP contribution in [-0.4, -0.2) is 18.4 Å². The van der Waals surface area contributed by atoms with E-state index in [1.54, 1.807) is 0 Å². The molecule has 1 aliphatic rings. The van der Waals surface area contributed by atoms with Crippen molar-refractivity contribution in [2.24, 2.45) is 0 Å². The maximum Gasteiger partial charge on any atom is 1.00 e. The molecule has 2 aromatic rings. The van der Waals surface area contributed by atoms with Crippen molar-refractivity contribution < 1.29 is 44.3 Å². The predicted molar refractivity (Wildman–Crippen MR) is 124 cm³/mol. The normalized spacial score (nSPS) is 14.8. The second kappa shape index (κ2) is 10.6. The van der Waals surface area contributed by atoms with Crippen molar-refractivity contribution >= 4 is 85.3 Å². The Morgan fingerprint density at radius 3 is 2.37 bits per heavy atom. The molecule has 0 bridgehead atoms. The van der Waals surface area contributed by atoms with Gasteiger partial charge < -0.3 is 14.8 Å². The third-order valence-electron chi connectivity index (χ3n) is 4.48. The number of hydrogen-bond acceptors (Lipinski definition) is 3. The molecule has 4 nitrogen and oxygen atoms in total. The van der Waals surface area contributed by atoms with Gasteiger partial charge in [-0.3, -0.25) is 4.79 Å². The van der Waals surface area contributed by atoms with Gasteiger partial charge in [-0.25, -0.2) is 0 Å². The average molecular weight is 709 g/mol. The number of anilines is 1. The van der Waals surface area contributed by atoms with Crippen LogP contribution in [0.15, 0.2) is 36.4 Å². The van der Waals surface area contributed by atoms with Gasteiger partial charge in [-0.2, -0.15) is 0 Å². The van der Waals surface area contributed by atoms with Crippen LogP contribution < -0.4 is 39.6 Å². The maximum atomic E-state index is 12.2. The first-order valence-electron chi connectivity index (χ1n) is 8.12. The van der Waals surface area contributed by atoms with Crippen molar-refractivity contribution in [3.63, 3.8) is 0 Å². The number of carboxylic acids is 1. The topological polar surface area (TPSA) is 60.4 Å². The van der Waals surface area contributed by atoms with Crippen LogP contribution in [0.1, 0.15) is 29.9 Å². The third-order valence-corrected chi connectivity index (χ3v) is 7.43. The van der Waals surface area contributed by atoms with Crippen LogP contribution in [0, 0.1) is 10.7 Å². The summed E-state index contributed by atoms with van der Waals surface area (Å²) in [6.45, 7) is 0.716. The molecule has 1 amide bonds. The SMILES string of the molecule is O=C([O-])C(Cc1c(I)cc(I)c(N2CCCC2=O)c1I)c1ccccc1.[Na+]. The first-order valence-corrected chi connectivity index (χ1v) is 11.4. The minimum Gasteiger partial charge on any atom is -0.549 e. The Hall–Kier alpha value is 0.570. The molecule has 8 heteroatoms. The molecule has 1 heterocycles. The molecular formula is C19H15I3NNaO3. The Labute approximate surface area is 221 Å². The van der Waals surface area contributed by atoms with Crippen LogP contribution in [0.5, 0.6) is 0 Å². The summed E-state index contributed by atoms with van der Waals surface area (Å²) in [4.78, 5) is 25.9. The first kappa shape index (κ1) is 23.8. The number of benzene rings is 2. The molecule has 0 N–H and O–H groups in total. The summed E-state index contributed by atoms with van der Waals surface area (Å²) < 4.78 is 2.98. The molecule has 1 unspecified atom stereocenters. The molecule has 1 atom stereocenters. The molecule has 0 saturated carbocycles. The summed E-state index contributed by atoms with van der Waals surface area (Å²) in [5.74, 6) is -1.67. The van der Waals surface area contributed by atoms with E-state index in [1.165, 1.54) is 0 Å². The van der Waals surface area contributed by atoms with Crippen LogP contribution in [0.25, 0.3) is 0 Å². The molecule has 0 spiro atoms. The molecule has 27 heavy (non-hydrogen) atoms. The van der Waals surface area contributed by atoms with Gasteiger partial charge in [0, 0.05) is 35.6 Å². The summed E-state index contributed by atoms with van der Waals surface area (Å²) in [6.07, 6.45) is 1.77. The van der Waals surface area contributed by atoms with Gasteiger partial charge in [-0.1, -0.05) is 30.3 Å².